The number of hydrogen-bond donors (Lipinski definition) is 1. The van der Waals surface area contributed by atoms with Crippen LogP contribution in [-0.2, 0) is 0 Å². The Morgan fingerprint density at radius 1 is 1.15 bits per heavy atom. The summed E-state index contributed by atoms with van der Waals surface area (Å²) in [5.41, 5.74) is 2.59. The predicted octanol–water partition coefficient (Wildman–Crippen LogP) is 5.24. The second-order valence-corrected chi connectivity index (χ2v) is 6.15. The predicted molar refractivity (Wildman–Crippen MR) is 84.2 cm³/mol. The molecule has 0 saturated heterocycles. The lowest BCUT2D eigenvalue weighted by atomic mass is 10.0. The van der Waals surface area contributed by atoms with Crippen molar-refractivity contribution >= 4 is 38.5 Å². The minimum absolute atomic E-state index is 0.514. The van der Waals surface area contributed by atoms with E-state index in [4.69, 9.17) is 16.0 Å². The van der Waals surface area contributed by atoms with Gasteiger partial charge in [-0.05, 0) is 54.4 Å². The molecule has 20 heavy (non-hydrogen) atoms. The highest BCUT2D eigenvalue weighted by Gasteiger charge is 2.16. The van der Waals surface area contributed by atoms with Gasteiger partial charge in [0.25, 0.3) is 0 Å². The molecule has 102 valence electrons. The number of fused-ring (bicyclic) bond motifs is 1. The summed E-state index contributed by atoms with van der Waals surface area (Å²) in [5, 5.41) is 12.0. The van der Waals surface area contributed by atoms with Crippen molar-refractivity contribution in [1.82, 2.24) is 0 Å². The molecule has 1 aromatic heterocycles. The Morgan fingerprint density at radius 2 is 1.95 bits per heavy atom. The van der Waals surface area contributed by atoms with Crippen molar-refractivity contribution in [1.29, 1.82) is 0 Å². The number of rotatable bonds is 2. The molecule has 0 aliphatic carbocycles. The molecule has 0 spiro atoms. The van der Waals surface area contributed by atoms with E-state index in [9.17, 15) is 5.11 Å². The van der Waals surface area contributed by atoms with Crippen LogP contribution < -0.4 is 0 Å². The number of aliphatic hydroxyl groups is 1. The van der Waals surface area contributed by atoms with Gasteiger partial charge in [0.2, 0.25) is 0 Å². The molecule has 3 rings (SSSR count). The number of hydrogen-bond acceptors (Lipinski definition) is 2. The SMILES string of the molecule is Cc1cc(Br)cc(C(O)c2cc3cc(Cl)ccc3o2)c1. The highest BCUT2D eigenvalue weighted by Crippen LogP contribution is 2.31. The minimum atomic E-state index is -0.794. The Hall–Kier alpha value is -1.29. The number of furan rings is 1. The normalized spacial score (nSPS) is 12.8. The smallest absolute Gasteiger partial charge is 0.138 e. The minimum Gasteiger partial charge on any atom is -0.458 e. The van der Waals surface area contributed by atoms with Crippen molar-refractivity contribution in [3.8, 4) is 0 Å². The monoisotopic (exact) mass is 350 g/mol. The Balaban J connectivity index is 2.05. The summed E-state index contributed by atoms with van der Waals surface area (Å²) in [4.78, 5) is 0. The van der Waals surface area contributed by atoms with Gasteiger partial charge in [0, 0.05) is 14.9 Å². The van der Waals surface area contributed by atoms with E-state index in [-0.39, 0.29) is 0 Å². The lowest BCUT2D eigenvalue weighted by Gasteiger charge is -2.09. The van der Waals surface area contributed by atoms with Crippen molar-refractivity contribution in [2.75, 3.05) is 0 Å². The zero-order valence-corrected chi connectivity index (χ0v) is 13.1. The average Bonchev–Trinajstić information content (AvgIpc) is 2.79. The van der Waals surface area contributed by atoms with Crippen molar-refractivity contribution in [2.24, 2.45) is 0 Å². The highest BCUT2D eigenvalue weighted by atomic mass is 79.9. The molecule has 0 aliphatic rings. The molecule has 1 N–H and O–H groups in total. The van der Waals surface area contributed by atoms with Gasteiger partial charge >= 0.3 is 0 Å². The van der Waals surface area contributed by atoms with Crippen LogP contribution in [0.2, 0.25) is 5.02 Å². The highest BCUT2D eigenvalue weighted by molar-refractivity contribution is 9.10. The summed E-state index contributed by atoms with van der Waals surface area (Å²) in [5.74, 6) is 0.514. The van der Waals surface area contributed by atoms with Gasteiger partial charge in [0.1, 0.15) is 17.4 Å². The van der Waals surface area contributed by atoms with Crippen LogP contribution in [0.1, 0.15) is 23.0 Å². The molecule has 0 amide bonds. The summed E-state index contributed by atoms with van der Waals surface area (Å²) in [6, 6.07) is 13.0. The van der Waals surface area contributed by atoms with E-state index in [0.717, 1.165) is 26.6 Å². The van der Waals surface area contributed by atoms with Crippen molar-refractivity contribution in [3.63, 3.8) is 0 Å². The van der Waals surface area contributed by atoms with E-state index in [1.165, 1.54) is 0 Å². The zero-order valence-electron chi connectivity index (χ0n) is 10.7. The number of aryl methyl sites for hydroxylation is 1. The van der Waals surface area contributed by atoms with Gasteiger partial charge in [-0.1, -0.05) is 33.6 Å². The second-order valence-electron chi connectivity index (χ2n) is 4.80. The van der Waals surface area contributed by atoms with E-state index in [1.54, 1.807) is 12.1 Å². The lowest BCUT2D eigenvalue weighted by Crippen LogP contribution is -1.98. The zero-order chi connectivity index (χ0) is 14.3. The topological polar surface area (TPSA) is 33.4 Å². The summed E-state index contributed by atoms with van der Waals surface area (Å²) in [7, 11) is 0. The molecular formula is C16H12BrClO2. The van der Waals surface area contributed by atoms with Crippen LogP contribution in [0.25, 0.3) is 11.0 Å². The van der Waals surface area contributed by atoms with Crippen LogP contribution in [0.5, 0.6) is 0 Å². The van der Waals surface area contributed by atoms with Crippen LogP contribution >= 0.6 is 27.5 Å². The molecule has 4 heteroatoms. The molecule has 0 fully saturated rings. The summed E-state index contributed by atoms with van der Waals surface area (Å²) in [6.07, 6.45) is -0.794. The standard InChI is InChI=1S/C16H12BrClO2/c1-9-4-11(6-12(17)5-9)16(19)15-8-10-7-13(18)2-3-14(10)20-15/h2-8,16,19H,1H3. The maximum absolute atomic E-state index is 10.5. The van der Waals surface area contributed by atoms with E-state index < -0.39 is 6.10 Å². The van der Waals surface area contributed by atoms with Crippen LogP contribution in [0.15, 0.2) is 51.4 Å². The second kappa shape index (κ2) is 5.24. The number of halogens is 2. The summed E-state index contributed by atoms with van der Waals surface area (Å²) < 4.78 is 6.63. The van der Waals surface area contributed by atoms with Gasteiger partial charge in [-0.2, -0.15) is 0 Å². The molecule has 1 unspecified atom stereocenters. The van der Waals surface area contributed by atoms with Crippen molar-refractivity contribution in [3.05, 3.63) is 68.8 Å². The molecule has 0 radical (unpaired) electrons. The van der Waals surface area contributed by atoms with Gasteiger partial charge in [-0.3, -0.25) is 0 Å². The Kier molecular flexibility index (Phi) is 3.59. The largest absolute Gasteiger partial charge is 0.458 e. The summed E-state index contributed by atoms with van der Waals surface area (Å²) >= 11 is 9.39. The molecule has 0 bridgehead atoms. The van der Waals surface area contributed by atoms with E-state index in [2.05, 4.69) is 15.9 Å². The quantitative estimate of drug-likeness (QED) is 0.685. The van der Waals surface area contributed by atoms with Crippen molar-refractivity contribution < 1.29 is 9.52 Å². The molecular weight excluding hydrogens is 340 g/mol. The van der Waals surface area contributed by atoms with Crippen LogP contribution in [0.3, 0.4) is 0 Å². The van der Waals surface area contributed by atoms with Gasteiger partial charge in [0.05, 0.1) is 0 Å². The molecule has 0 aliphatic heterocycles. The molecule has 1 atom stereocenters. The molecule has 1 heterocycles. The third-order valence-corrected chi connectivity index (χ3v) is 3.84. The van der Waals surface area contributed by atoms with Crippen LogP contribution in [-0.4, -0.2) is 5.11 Å². The van der Waals surface area contributed by atoms with E-state index >= 15 is 0 Å². The van der Waals surface area contributed by atoms with Crippen LogP contribution in [0, 0.1) is 6.92 Å². The first-order chi connectivity index (χ1) is 9.52. The maximum atomic E-state index is 10.5. The average molecular weight is 352 g/mol. The number of benzene rings is 2. The van der Waals surface area contributed by atoms with E-state index in [0.29, 0.717) is 10.8 Å². The Labute approximate surface area is 130 Å². The fraction of sp³-hybridized carbons (Fsp3) is 0.125. The summed E-state index contributed by atoms with van der Waals surface area (Å²) in [6.45, 7) is 1.99. The first-order valence-corrected chi connectivity index (χ1v) is 7.34. The lowest BCUT2D eigenvalue weighted by molar-refractivity contribution is 0.192. The van der Waals surface area contributed by atoms with Crippen molar-refractivity contribution in [2.45, 2.75) is 13.0 Å². The van der Waals surface area contributed by atoms with Crippen LogP contribution in [0.4, 0.5) is 0 Å². The van der Waals surface area contributed by atoms with E-state index in [1.807, 2.05) is 37.3 Å². The third-order valence-electron chi connectivity index (χ3n) is 3.15. The van der Waals surface area contributed by atoms with Gasteiger partial charge in [-0.15, -0.1) is 0 Å². The molecule has 2 nitrogen and oxygen atoms in total. The molecule has 3 aromatic rings. The Morgan fingerprint density at radius 3 is 2.70 bits per heavy atom. The Bertz CT molecular complexity index is 759. The number of aliphatic hydroxyl groups excluding tert-OH is 1. The fourth-order valence-corrected chi connectivity index (χ4v) is 3.06. The fourth-order valence-electron chi connectivity index (χ4n) is 2.26. The van der Waals surface area contributed by atoms with Gasteiger partial charge in [0.15, 0.2) is 0 Å². The van der Waals surface area contributed by atoms with Gasteiger partial charge in [-0.25, -0.2) is 0 Å². The van der Waals surface area contributed by atoms with Gasteiger partial charge < -0.3 is 9.52 Å². The third kappa shape index (κ3) is 2.62. The maximum Gasteiger partial charge on any atom is 0.138 e. The first kappa shape index (κ1) is 13.7. The molecule has 2 aromatic carbocycles. The molecule has 0 saturated carbocycles. The first-order valence-electron chi connectivity index (χ1n) is 6.17.